The van der Waals surface area contributed by atoms with E-state index in [1.54, 1.807) is 0 Å². The van der Waals surface area contributed by atoms with Gasteiger partial charge >= 0.3 is 0 Å². The van der Waals surface area contributed by atoms with Crippen LogP contribution in [0.3, 0.4) is 0 Å². The van der Waals surface area contributed by atoms with E-state index >= 15 is 0 Å². The highest BCUT2D eigenvalue weighted by atomic mass is 14.1. The van der Waals surface area contributed by atoms with Gasteiger partial charge in [0, 0.05) is 0 Å². The van der Waals surface area contributed by atoms with E-state index in [1.165, 1.54) is 16.7 Å². The number of hydrogen-bond donors (Lipinski definition) is 0. The fourth-order valence-corrected chi connectivity index (χ4v) is 1.27. The first kappa shape index (κ1) is 13.2. The van der Waals surface area contributed by atoms with Gasteiger partial charge in [0.05, 0.1) is 0 Å². The molecule has 0 nitrogen and oxygen atoms in total. The van der Waals surface area contributed by atoms with Crippen molar-refractivity contribution in [2.75, 3.05) is 0 Å². The monoisotopic (exact) mass is 192 g/mol. The maximum absolute atomic E-state index is 4.09. The first-order chi connectivity index (χ1) is 6.40. The SMILES string of the molecule is C=C(/C=C(\C(C)=C/C)C(C)C)C(C)C. The Kier molecular flexibility index (Phi) is 5.52. The lowest BCUT2D eigenvalue weighted by Crippen LogP contribution is -1.98. The highest BCUT2D eigenvalue weighted by Crippen LogP contribution is 2.22. The van der Waals surface area contributed by atoms with Gasteiger partial charge < -0.3 is 0 Å². The second-order valence-electron chi connectivity index (χ2n) is 4.46. The fourth-order valence-electron chi connectivity index (χ4n) is 1.27. The van der Waals surface area contributed by atoms with Crippen LogP contribution in [0.25, 0.3) is 0 Å². The minimum Gasteiger partial charge on any atom is -0.0956 e. The number of rotatable bonds is 4. The predicted molar refractivity (Wildman–Crippen MR) is 66.3 cm³/mol. The third kappa shape index (κ3) is 3.95. The van der Waals surface area contributed by atoms with Crippen molar-refractivity contribution in [2.24, 2.45) is 11.8 Å². The van der Waals surface area contributed by atoms with E-state index in [9.17, 15) is 0 Å². The highest BCUT2D eigenvalue weighted by molar-refractivity contribution is 5.36. The third-order valence-electron chi connectivity index (χ3n) is 2.59. The Labute approximate surface area is 89.4 Å². The molecule has 0 aliphatic rings. The van der Waals surface area contributed by atoms with E-state index in [4.69, 9.17) is 0 Å². The Morgan fingerprint density at radius 3 is 1.86 bits per heavy atom. The van der Waals surface area contributed by atoms with Crippen molar-refractivity contribution in [3.8, 4) is 0 Å². The predicted octanol–water partition coefficient (Wildman–Crippen LogP) is 4.75. The third-order valence-corrected chi connectivity index (χ3v) is 2.59. The van der Waals surface area contributed by atoms with Crippen molar-refractivity contribution in [3.05, 3.63) is 35.5 Å². The molecule has 0 aromatic heterocycles. The van der Waals surface area contributed by atoms with Gasteiger partial charge in [-0.2, -0.15) is 0 Å². The zero-order valence-corrected chi connectivity index (χ0v) is 10.5. The average molecular weight is 192 g/mol. The van der Waals surface area contributed by atoms with Crippen molar-refractivity contribution < 1.29 is 0 Å². The van der Waals surface area contributed by atoms with Crippen molar-refractivity contribution in [3.63, 3.8) is 0 Å². The molecule has 0 radical (unpaired) electrons. The van der Waals surface area contributed by atoms with Crippen LogP contribution in [0, 0.1) is 11.8 Å². The van der Waals surface area contributed by atoms with Crippen LogP contribution in [-0.4, -0.2) is 0 Å². The summed E-state index contributed by atoms with van der Waals surface area (Å²) in [4.78, 5) is 0. The Hall–Kier alpha value is -0.780. The summed E-state index contributed by atoms with van der Waals surface area (Å²) in [6.07, 6.45) is 4.41. The molecule has 0 atom stereocenters. The number of allylic oxidation sites excluding steroid dienone is 5. The van der Waals surface area contributed by atoms with Gasteiger partial charge in [0.1, 0.15) is 0 Å². The van der Waals surface area contributed by atoms with Crippen LogP contribution >= 0.6 is 0 Å². The molecule has 0 saturated heterocycles. The van der Waals surface area contributed by atoms with Crippen LogP contribution in [0.1, 0.15) is 41.5 Å². The van der Waals surface area contributed by atoms with Crippen molar-refractivity contribution in [1.29, 1.82) is 0 Å². The van der Waals surface area contributed by atoms with Gasteiger partial charge in [-0.05, 0) is 31.3 Å². The Morgan fingerprint density at radius 1 is 1.07 bits per heavy atom. The number of hydrogen-bond acceptors (Lipinski definition) is 0. The zero-order valence-electron chi connectivity index (χ0n) is 10.5. The molecule has 0 aliphatic heterocycles. The summed E-state index contributed by atoms with van der Waals surface area (Å²) < 4.78 is 0. The smallest absolute Gasteiger partial charge is 0.0216 e. The summed E-state index contributed by atoms with van der Waals surface area (Å²) in [5, 5.41) is 0. The molecule has 0 saturated carbocycles. The van der Waals surface area contributed by atoms with Crippen LogP contribution in [-0.2, 0) is 0 Å². The molecule has 0 N–H and O–H groups in total. The fraction of sp³-hybridized carbons (Fsp3) is 0.571. The maximum atomic E-state index is 4.09. The molecule has 0 amide bonds. The minimum atomic E-state index is 0.536. The van der Waals surface area contributed by atoms with Gasteiger partial charge in [-0.1, -0.05) is 57.6 Å². The highest BCUT2D eigenvalue weighted by Gasteiger charge is 2.06. The molecule has 0 aliphatic carbocycles. The van der Waals surface area contributed by atoms with Gasteiger partial charge in [-0.25, -0.2) is 0 Å². The van der Waals surface area contributed by atoms with Crippen molar-refractivity contribution in [1.82, 2.24) is 0 Å². The molecule has 0 bridgehead atoms. The minimum absolute atomic E-state index is 0.536. The molecule has 0 heterocycles. The first-order valence-corrected chi connectivity index (χ1v) is 5.43. The summed E-state index contributed by atoms with van der Waals surface area (Å²) in [5.41, 5.74) is 3.99. The van der Waals surface area contributed by atoms with Crippen LogP contribution in [0.2, 0.25) is 0 Å². The summed E-state index contributed by atoms with van der Waals surface area (Å²) in [6, 6.07) is 0. The van der Waals surface area contributed by atoms with Crippen LogP contribution in [0.4, 0.5) is 0 Å². The Bertz CT molecular complexity index is 249. The van der Waals surface area contributed by atoms with Gasteiger partial charge in [-0.15, -0.1) is 0 Å². The van der Waals surface area contributed by atoms with Crippen LogP contribution < -0.4 is 0 Å². The van der Waals surface area contributed by atoms with Gasteiger partial charge in [0.15, 0.2) is 0 Å². The molecule has 0 fully saturated rings. The lowest BCUT2D eigenvalue weighted by molar-refractivity contribution is 0.756. The summed E-state index contributed by atoms with van der Waals surface area (Å²) in [7, 11) is 0. The molecule has 0 aromatic rings. The average Bonchev–Trinajstić information content (AvgIpc) is 2.11. The molecule has 80 valence electrons. The van der Waals surface area contributed by atoms with Crippen molar-refractivity contribution >= 4 is 0 Å². The van der Waals surface area contributed by atoms with Gasteiger partial charge in [-0.3, -0.25) is 0 Å². The van der Waals surface area contributed by atoms with Crippen LogP contribution in [0.5, 0.6) is 0 Å². The molecule has 14 heavy (non-hydrogen) atoms. The Morgan fingerprint density at radius 2 is 1.57 bits per heavy atom. The maximum Gasteiger partial charge on any atom is -0.0216 e. The molecule has 0 rings (SSSR count). The molecule has 0 spiro atoms. The summed E-state index contributed by atoms with van der Waals surface area (Å²) in [5.74, 6) is 1.11. The van der Waals surface area contributed by atoms with Crippen molar-refractivity contribution in [2.45, 2.75) is 41.5 Å². The van der Waals surface area contributed by atoms with E-state index in [2.05, 4.69) is 60.3 Å². The molecular weight excluding hydrogens is 168 g/mol. The summed E-state index contributed by atoms with van der Waals surface area (Å²) in [6.45, 7) is 17.2. The normalized spacial score (nSPS) is 14.0. The second kappa shape index (κ2) is 5.85. The van der Waals surface area contributed by atoms with E-state index in [0.29, 0.717) is 11.8 Å². The largest absolute Gasteiger partial charge is 0.0956 e. The summed E-state index contributed by atoms with van der Waals surface area (Å²) >= 11 is 0. The van der Waals surface area contributed by atoms with E-state index in [-0.39, 0.29) is 0 Å². The molecular formula is C14H24. The molecule has 0 unspecified atom stereocenters. The van der Waals surface area contributed by atoms with Gasteiger partial charge in [0.25, 0.3) is 0 Å². The van der Waals surface area contributed by atoms with E-state index in [1.807, 2.05) is 0 Å². The topological polar surface area (TPSA) is 0 Å². The standard InChI is InChI=1S/C14H24/c1-8-12(6)14(11(4)5)9-13(7)10(2)3/h8-11H,7H2,1-6H3/b12-8-,14-9-. The van der Waals surface area contributed by atoms with E-state index < -0.39 is 0 Å². The Balaban J connectivity index is 4.93. The lowest BCUT2D eigenvalue weighted by atomic mass is 9.91. The zero-order chi connectivity index (χ0) is 11.3. The lowest BCUT2D eigenvalue weighted by Gasteiger charge is -2.14. The quantitative estimate of drug-likeness (QED) is 0.564. The van der Waals surface area contributed by atoms with E-state index in [0.717, 1.165) is 0 Å². The first-order valence-electron chi connectivity index (χ1n) is 5.43. The molecule has 0 aromatic carbocycles. The van der Waals surface area contributed by atoms with Gasteiger partial charge in [0.2, 0.25) is 0 Å². The second-order valence-corrected chi connectivity index (χ2v) is 4.46. The molecule has 0 heteroatoms. The van der Waals surface area contributed by atoms with Crippen LogP contribution in [0.15, 0.2) is 35.5 Å².